The molecule has 14 heteroatoms. The van der Waals surface area contributed by atoms with Gasteiger partial charge in [-0.25, -0.2) is 9.59 Å². The number of fused-ring (bicyclic) bond motifs is 3. The summed E-state index contributed by atoms with van der Waals surface area (Å²) < 4.78 is 23.4. The number of hydrogen-bond donors (Lipinski definition) is 3. The highest BCUT2D eigenvalue weighted by Crippen LogP contribution is 2.45. The Bertz CT molecular complexity index is 1850. The average Bonchev–Trinajstić information content (AvgIpc) is 3.98. The molecule has 0 unspecified atom stereocenters. The zero-order chi connectivity index (χ0) is 36.0. The normalized spacial score (nSPS) is 15.3. The predicted octanol–water partition coefficient (Wildman–Crippen LogP) is 5.10. The molecule has 2 aromatic heterocycles. The van der Waals surface area contributed by atoms with Gasteiger partial charge in [-0.3, -0.25) is 0 Å². The summed E-state index contributed by atoms with van der Waals surface area (Å²) in [6.07, 6.45) is 2.98. The maximum Gasteiger partial charge on any atom is 0.317 e. The van der Waals surface area contributed by atoms with Crippen molar-refractivity contribution < 1.29 is 28.5 Å². The molecule has 3 aliphatic heterocycles. The van der Waals surface area contributed by atoms with E-state index in [-0.39, 0.29) is 37.7 Å². The van der Waals surface area contributed by atoms with Gasteiger partial charge in [0.05, 0.1) is 11.7 Å². The van der Waals surface area contributed by atoms with Gasteiger partial charge in [0.1, 0.15) is 0 Å². The minimum absolute atomic E-state index is 0.0311. The van der Waals surface area contributed by atoms with Gasteiger partial charge in [0.25, 0.3) is 0 Å². The van der Waals surface area contributed by atoms with Gasteiger partial charge in [0.2, 0.25) is 13.6 Å². The molecule has 2 aromatic carbocycles. The van der Waals surface area contributed by atoms with Crippen LogP contribution in [0.3, 0.4) is 0 Å². The van der Waals surface area contributed by atoms with Gasteiger partial charge >= 0.3 is 12.1 Å². The van der Waals surface area contributed by atoms with Gasteiger partial charge in [0, 0.05) is 55.6 Å². The van der Waals surface area contributed by atoms with E-state index in [1.165, 1.54) is 15.3 Å². The highest BCUT2D eigenvalue weighted by atomic mass is 32.1. The number of amides is 4. The first kappa shape index (κ1) is 35.7. The van der Waals surface area contributed by atoms with Crippen molar-refractivity contribution in [3.05, 3.63) is 85.7 Å². The summed E-state index contributed by atoms with van der Waals surface area (Å²) in [5.74, 6) is 2.84. The Labute approximate surface area is 312 Å². The molecule has 0 saturated heterocycles. The minimum atomic E-state index is -0.209. The summed E-state index contributed by atoms with van der Waals surface area (Å²) in [7, 11) is 6.07. The van der Waals surface area contributed by atoms with Crippen molar-refractivity contribution in [1.29, 1.82) is 0 Å². The zero-order valence-electron chi connectivity index (χ0n) is 29.8. The first-order chi connectivity index (χ1) is 25.3. The molecule has 0 spiro atoms. The van der Waals surface area contributed by atoms with Crippen LogP contribution in [0.5, 0.6) is 23.0 Å². The van der Waals surface area contributed by atoms with Crippen molar-refractivity contribution in [2.24, 2.45) is 0 Å². The molecule has 52 heavy (non-hydrogen) atoms. The van der Waals surface area contributed by atoms with Crippen LogP contribution in [0.4, 0.5) is 15.3 Å². The van der Waals surface area contributed by atoms with Gasteiger partial charge in [-0.2, -0.15) is 0 Å². The molecule has 0 bridgehead atoms. The van der Waals surface area contributed by atoms with Gasteiger partial charge in [-0.1, -0.05) is 18.2 Å². The molecule has 3 N–H and O–H groups in total. The number of rotatable bonds is 14. The van der Waals surface area contributed by atoms with Crippen LogP contribution in [-0.2, 0) is 32.2 Å². The Morgan fingerprint density at radius 3 is 2.52 bits per heavy atom. The van der Waals surface area contributed by atoms with Crippen LogP contribution in [0.25, 0.3) is 0 Å². The monoisotopic (exact) mass is 746 g/mol. The molecule has 4 amide bonds. The number of thiophene rings is 2. The lowest BCUT2D eigenvalue weighted by Crippen LogP contribution is -2.47. The second kappa shape index (κ2) is 16.3. The Kier molecular flexibility index (Phi) is 11.2. The van der Waals surface area contributed by atoms with Crippen molar-refractivity contribution in [3.63, 3.8) is 0 Å². The Hall–Kier alpha value is -4.66. The molecule has 0 saturated carbocycles. The van der Waals surface area contributed by atoms with Crippen molar-refractivity contribution in [3.8, 4) is 23.0 Å². The fraction of sp³-hybridized carbons (Fsp3) is 0.421. The van der Waals surface area contributed by atoms with E-state index in [1.807, 2.05) is 55.7 Å². The number of ether oxygens (including phenoxy) is 4. The molecule has 2 atom stereocenters. The van der Waals surface area contributed by atoms with E-state index in [1.54, 1.807) is 22.7 Å². The van der Waals surface area contributed by atoms with Gasteiger partial charge in [0.15, 0.2) is 23.0 Å². The topological polar surface area (TPSA) is 117 Å². The third-order valence-corrected chi connectivity index (χ3v) is 11.9. The number of urea groups is 2. The number of benzene rings is 2. The molecular formula is C38H46N6O6S2. The highest BCUT2D eigenvalue weighted by Gasteiger charge is 2.30. The lowest BCUT2D eigenvalue weighted by atomic mass is 10.0. The van der Waals surface area contributed by atoms with Gasteiger partial charge in [-0.05, 0) is 97.6 Å². The second-order valence-electron chi connectivity index (χ2n) is 13.5. The van der Waals surface area contributed by atoms with E-state index in [0.717, 1.165) is 47.7 Å². The van der Waals surface area contributed by atoms with E-state index < -0.39 is 0 Å². The van der Waals surface area contributed by atoms with E-state index in [9.17, 15) is 9.59 Å². The van der Waals surface area contributed by atoms with Gasteiger partial charge < -0.3 is 49.6 Å². The van der Waals surface area contributed by atoms with Crippen LogP contribution in [0, 0.1) is 0 Å². The molecular weight excluding hydrogens is 701 g/mol. The maximum atomic E-state index is 13.2. The summed E-state index contributed by atoms with van der Waals surface area (Å²) in [6.45, 7) is 3.15. The Morgan fingerprint density at radius 2 is 1.67 bits per heavy atom. The van der Waals surface area contributed by atoms with Crippen LogP contribution in [0.2, 0.25) is 0 Å². The molecule has 0 fully saturated rings. The van der Waals surface area contributed by atoms with Crippen molar-refractivity contribution in [2.45, 2.75) is 44.3 Å². The first-order valence-corrected chi connectivity index (χ1v) is 19.4. The number of nitrogens with one attached hydrogen (secondary N) is 3. The summed E-state index contributed by atoms with van der Waals surface area (Å²) in [5, 5.41) is 13.4. The number of carbonyl (C=O) groups is 2. The predicted molar refractivity (Wildman–Crippen MR) is 203 cm³/mol. The molecule has 12 nitrogen and oxygen atoms in total. The number of nitrogens with zero attached hydrogens (tertiary/aromatic N) is 3. The molecule has 0 radical (unpaired) electrons. The number of anilines is 1. The second-order valence-corrected chi connectivity index (χ2v) is 15.5. The Balaban J connectivity index is 1.03. The van der Waals surface area contributed by atoms with Gasteiger partial charge in [-0.15, -0.1) is 22.7 Å². The summed E-state index contributed by atoms with van der Waals surface area (Å²) in [4.78, 5) is 34.9. The lowest BCUT2D eigenvalue weighted by Gasteiger charge is -2.32. The summed E-state index contributed by atoms with van der Waals surface area (Å²) in [6, 6.07) is 16.0. The largest absolute Gasteiger partial charge is 0.454 e. The third-order valence-electron chi connectivity index (χ3n) is 9.92. The fourth-order valence-corrected chi connectivity index (χ4v) is 8.41. The van der Waals surface area contributed by atoms with Crippen LogP contribution in [0.1, 0.15) is 26.4 Å². The van der Waals surface area contributed by atoms with E-state index in [2.05, 4.69) is 55.4 Å². The molecule has 4 aromatic rings. The van der Waals surface area contributed by atoms with E-state index in [4.69, 9.17) is 18.9 Å². The van der Waals surface area contributed by atoms with E-state index in [0.29, 0.717) is 50.5 Å². The minimum Gasteiger partial charge on any atom is -0.454 e. The average molecular weight is 747 g/mol. The summed E-state index contributed by atoms with van der Waals surface area (Å²) in [5.41, 5.74) is 4.18. The molecule has 7 rings (SSSR count). The van der Waals surface area contributed by atoms with Crippen LogP contribution in [0.15, 0.2) is 59.3 Å². The first-order valence-electron chi connectivity index (χ1n) is 17.6. The lowest BCUT2D eigenvalue weighted by molar-refractivity contribution is 0.172. The van der Waals surface area contributed by atoms with Crippen molar-refractivity contribution in [1.82, 2.24) is 25.8 Å². The van der Waals surface area contributed by atoms with Crippen LogP contribution in [-0.4, -0.2) is 94.9 Å². The number of likely N-dealkylation sites (N-methyl/N-ethyl adjacent to an activating group) is 2. The number of carbonyl (C=O) groups excluding carboxylic acids is 2. The zero-order valence-corrected chi connectivity index (χ0v) is 31.4. The molecule has 5 heterocycles. The number of hydrogen-bond acceptors (Lipinski definition) is 10. The Morgan fingerprint density at radius 1 is 0.846 bits per heavy atom. The summed E-state index contributed by atoms with van der Waals surface area (Å²) >= 11 is 3.45. The molecule has 3 aliphatic rings. The smallest absolute Gasteiger partial charge is 0.317 e. The quantitative estimate of drug-likeness (QED) is 0.163. The fourth-order valence-electron chi connectivity index (χ4n) is 6.82. The standard InChI is InChI=1S/C38H46N6O6S2/c1-42(2)28(20-41-38(46)44-14-11-34-27(22-44)12-16-52-34)19-26-7-8-31(36-35(26)49-24-50-36)43(3)29(17-25-6-9-32-33(18-25)48-23-47-32)21-40-37(45)39-13-10-30-5-4-15-51-30/h4-9,12,15-16,18,28-29H,10-11,13-14,17,19-24H2,1-3H3,(H,41,46)(H2,39,40,45)/t28-,29-/m0/s1. The maximum absolute atomic E-state index is 13.2. The van der Waals surface area contributed by atoms with E-state index >= 15 is 0 Å². The third kappa shape index (κ3) is 8.35. The van der Waals surface area contributed by atoms with Crippen LogP contribution < -0.4 is 39.8 Å². The van der Waals surface area contributed by atoms with Crippen LogP contribution >= 0.6 is 22.7 Å². The van der Waals surface area contributed by atoms with Crippen molar-refractivity contribution in [2.75, 3.05) is 65.8 Å². The molecule has 276 valence electrons. The SMILES string of the molecule is CN(C)[C@H](CNC(=O)N1CCc2sccc2C1)Cc1ccc(N(C)[C@H](CNC(=O)NCCc2cccs2)Cc2ccc3c(c2)OCO3)c2c1OCO2. The highest BCUT2D eigenvalue weighted by molar-refractivity contribution is 7.10. The van der Waals surface area contributed by atoms with Crippen molar-refractivity contribution >= 4 is 40.4 Å². The molecule has 0 aliphatic carbocycles.